The van der Waals surface area contributed by atoms with Crippen molar-refractivity contribution in [2.45, 2.75) is 0 Å². The van der Waals surface area contributed by atoms with Gasteiger partial charge < -0.3 is 9.47 Å². The molecule has 2 aromatic carbocycles. The molecule has 0 amide bonds. The van der Waals surface area contributed by atoms with Crippen LogP contribution in [0, 0.1) is 0 Å². The van der Waals surface area contributed by atoms with Crippen LogP contribution in [-0.4, -0.2) is 12.1 Å². The largest absolute Gasteiger partial charge is 0.497 e. The SMILES string of the molecule is COc1ccc2nc(Oc3ccc(N(Cl)Cl)cc3)sc2c1. The Morgan fingerprint density at radius 2 is 1.76 bits per heavy atom. The Hall–Kier alpha value is -1.69. The number of halogens is 2. The van der Waals surface area contributed by atoms with E-state index in [0.29, 0.717) is 16.6 Å². The first kappa shape index (κ1) is 14.3. The number of methoxy groups -OCH3 is 1. The zero-order chi connectivity index (χ0) is 14.8. The molecular weight excluding hydrogens is 331 g/mol. The Morgan fingerprint density at radius 3 is 2.43 bits per heavy atom. The number of nitrogens with zero attached hydrogens (tertiary/aromatic N) is 2. The number of hydrogen-bond acceptors (Lipinski definition) is 5. The fourth-order valence-electron chi connectivity index (χ4n) is 1.78. The van der Waals surface area contributed by atoms with Crippen molar-refractivity contribution in [3.05, 3.63) is 42.5 Å². The lowest BCUT2D eigenvalue weighted by Gasteiger charge is -2.06. The Kier molecular flexibility index (Phi) is 4.05. The maximum absolute atomic E-state index is 5.73. The Bertz CT molecular complexity index is 759. The predicted octanol–water partition coefficient (Wildman–Crippen LogP) is 5.21. The third kappa shape index (κ3) is 3.15. The minimum absolute atomic E-state index is 0.569. The molecule has 0 spiro atoms. The van der Waals surface area contributed by atoms with Crippen molar-refractivity contribution >= 4 is 50.8 Å². The Labute approximate surface area is 135 Å². The molecule has 1 heterocycles. The third-order valence-corrected chi connectivity index (χ3v) is 4.10. The van der Waals surface area contributed by atoms with Crippen LogP contribution in [0.4, 0.5) is 5.69 Å². The predicted molar refractivity (Wildman–Crippen MR) is 86.9 cm³/mol. The molecule has 3 rings (SSSR count). The molecule has 1 aromatic heterocycles. The number of rotatable bonds is 4. The average Bonchev–Trinajstić information content (AvgIpc) is 2.88. The van der Waals surface area contributed by atoms with E-state index in [4.69, 9.17) is 33.0 Å². The van der Waals surface area contributed by atoms with Gasteiger partial charge in [0.1, 0.15) is 11.5 Å². The highest BCUT2D eigenvalue weighted by Crippen LogP contribution is 2.34. The number of thiazole rings is 1. The summed E-state index contributed by atoms with van der Waals surface area (Å²) in [6.07, 6.45) is 0. The van der Waals surface area contributed by atoms with Crippen molar-refractivity contribution in [1.82, 2.24) is 4.98 Å². The van der Waals surface area contributed by atoms with E-state index < -0.39 is 0 Å². The number of anilines is 1. The molecule has 0 aliphatic heterocycles. The molecule has 3 aromatic rings. The van der Waals surface area contributed by atoms with Gasteiger partial charge >= 0.3 is 0 Å². The highest BCUT2D eigenvalue weighted by atomic mass is 35.5. The zero-order valence-corrected chi connectivity index (χ0v) is 13.2. The van der Waals surface area contributed by atoms with Crippen LogP contribution in [0.15, 0.2) is 42.5 Å². The Balaban J connectivity index is 1.84. The monoisotopic (exact) mass is 340 g/mol. The van der Waals surface area contributed by atoms with E-state index in [0.717, 1.165) is 19.9 Å². The molecule has 0 N–H and O–H groups in total. The second kappa shape index (κ2) is 5.97. The van der Waals surface area contributed by atoms with Crippen molar-refractivity contribution in [3.8, 4) is 16.7 Å². The normalized spacial score (nSPS) is 10.6. The van der Waals surface area contributed by atoms with Crippen LogP contribution in [0.5, 0.6) is 16.7 Å². The highest BCUT2D eigenvalue weighted by Gasteiger charge is 2.08. The van der Waals surface area contributed by atoms with E-state index >= 15 is 0 Å². The Morgan fingerprint density at radius 1 is 1.05 bits per heavy atom. The second-order valence-electron chi connectivity index (χ2n) is 4.14. The summed E-state index contributed by atoms with van der Waals surface area (Å²) < 4.78 is 12.9. The van der Waals surface area contributed by atoms with E-state index in [2.05, 4.69) is 4.98 Å². The van der Waals surface area contributed by atoms with Crippen molar-refractivity contribution in [3.63, 3.8) is 0 Å². The third-order valence-electron chi connectivity index (χ3n) is 2.81. The molecule has 4 nitrogen and oxygen atoms in total. The molecular formula is C14H10Cl2N2O2S. The molecule has 0 saturated carbocycles. The molecule has 7 heteroatoms. The molecule has 0 atom stereocenters. The zero-order valence-electron chi connectivity index (χ0n) is 10.9. The number of benzene rings is 2. The fraction of sp³-hybridized carbons (Fsp3) is 0.0714. The molecule has 0 saturated heterocycles. The topological polar surface area (TPSA) is 34.6 Å². The van der Waals surface area contributed by atoms with Gasteiger partial charge in [0.25, 0.3) is 5.19 Å². The lowest BCUT2D eigenvalue weighted by molar-refractivity contribution is 0.415. The van der Waals surface area contributed by atoms with Gasteiger partial charge in [-0.1, -0.05) is 11.3 Å². The summed E-state index contributed by atoms with van der Waals surface area (Å²) in [7, 11) is 1.64. The van der Waals surface area contributed by atoms with E-state index in [1.165, 1.54) is 11.3 Å². The van der Waals surface area contributed by atoms with Gasteiger partial charge in [0.15, 0.2) is 0 Å². The van der Waals surface area contributed by atoms with Gasteiger partial charge in [-0.2, -0.15) is 3.94 Å². The minimum atomic E-state index is 0.569. The first-order valence-corrected chi connectivity index (χ1v) is 7.49. The smallest absolute Gasteiger partial charge is 0.279 e. The summed E-state index contributed by atoms with van der Waals surface area (Å²) >= 11 is 12.7. The highest BCUT2D eigenvalue weighted by molar-refractivity contribution is 7.20. The molecule has 0 unspecified atom stereocenters. The summed E-state index contributed by atoms with van der Waals surface area (Å²) in [5, 5.41) is 0.569. The first-order chi connectivity index (χ1) is 10.2. The minimum Gasteiger partial charge on any atom is -0.497 e. The maximum atomic E-state index is 5.73. The maximum Gasteiger partial charge on any atom is 0.279 e. The molecule has 0 aliphatic rings. The van der Waals surface area contributed by atoms with Gasteiger partial charge in [-0.25, -0.2) is 4.98 Å². The summed E-state index contributed by atoms with van der Waals surface area (Å²) in [5.74, 6) is 1.46. The van der Waals surface area contributed by atoms with Crippen molar-refractivity contribution in [2.24, 2.45) is 0 Å². The fourth-order valence-corrected chi connectivity index (χ4v) is 2.87. The molecule has 0 radical (unpaired) electrons. The molecule has 21 heavy (non-hydrogen) atoms. The van der Waals surface area contributed by atoms with Crippen molar-refractivity contribution in [2.75, 3.05) is 11.0 Å². The van der Waals surface area contributed by atoms with Gasteiger partial charge in [0, 0.05) is 23.6 Å². The van der Waals surface area contributed by atoms with Crippen LogP contribution in [-0.2, 0) is 0 Å². The average molecular weight is 341 g/mol. The van der Waals surface area contributed by atoms with E-state index in [1.54, 1.807) is 31.4 Å². The summed E-state index contributed by atoms with van der Waals surface area (Å²) in [5.41, 5.74) is 1.54. The molecule has 0 aliphatic carbocycles. The quantitative estimate of drug-likeness (QED) is 0.610. The number of hydrogen-bond donors (Lipinski definition) is 0. The van der Waals surface area contributed by atoms with Crippen LogP contribution in [0.3, 0.4) is 0 Å². The standard InChI is InChI=1S/C14H10Cl2N2O2S/c1-19-11-6-7-12-13(8-11)21-14(17-12)20-10-4-2-9(3-5-10)18(15)16/h2-8H,1H3. The van der Waals surface area contributed by atoms with Crippen LogP contribution < -0.4 is 13.4 Å². The summed E-state index contributed by atoms with van der Waals surface area (Å²) in [4.78, 5) is 4.42. The van der Waals surface area contributed by atoms with E-state index in [1.807, 2.05) is 18.2 Å². The molecule has 0 fully saturated rings. The van der Waals surface area contributed by atoms with Crippen LogP contribution in [0.2, 0.25) is 0 Å². The van der Waals surface area contributed by atoms with Gasteiger partial charge in [-0.15, -0.1) is 0 Å². The molecule has 0 bridgehead atoms. The lowest BCUT2D eigenvalue weighted by Crippen LogP contribution is -1.91. The number of aromatic nitrogens is 1. The lowest BCUT2D eigenvalue weighted by atomic mass is 10.3. The van der Waals surface area contributed by atoms with Gasteiger partial charge in [0.05, 0.1) is 23.0 Å². The van der Waals surface area contributed by atoms with Crippen LogP contribution in [0.1, 0.15) is 0 Å². The summed E-state index contributed by atoms with van der Waals surface area (Å²) in [6.45, 7) is 0. The number of ether oxygens (including phenoxy) is 2. The van der Waals surface area contributed by atoms with Crippen molar-refractivity contribution in [1.29, 1.82) is 0 Å². The second-order valence-corrected chi connectivity index (χ2v) is 5.98. The van der Waals surface area contributed by atoms with Crippen molar-refractivity contribution < 1.29 is 9.47 Å². The van der Waals surface area contributed by atoms with Gasteiger partial charge in [-0.05, 0) is 42.5 Å². The first-order valence-electron chi connectivity index (χ1n) is 6.00. The van der Waals surface area contributed by atoms with E-state index in [-0.39, 0.29) is 0 Å². The van der Waals surface area contributed by atoms with Gasteiger partial charge in [0.2, 0.25) is 0 Å². The van der Waals surface area contributed by atoms with Crippen LogP contribution >= 0.6 is 34.9 Å². The van der Waals surface area contributed by atoms with Crippen LogP contribution in [0.25, 0.3) is 10.2 Å². The summed E-state index contributed by atoms with van der Waals surface area (Å²) in [6, 6.07) is 12.8. The molecule has 108 valence electrons. The number of fused-ring (bicyclic) bond motifs is 1. The van der Waals surface area contributed by atoms with E-state index in [9.17, 15) is 0 Å². The van der Waals surface area contributed by atoms with Gasteiger partial charge in [-0.3, -0.25) is 0 Å².